The van der Waals surface area contributed by atoms with Gasteiger partial charge in [-0.2, -0.15) is 0 Å². The summed E-state index contributed by atoms with van der Waals surface area (Å²) in [6, 6.07) is 11.4. The first-order valence-corrected chi connectivity index (χ1v) is 8.31. The lowest BCUT2D eigenvalue weighted by Crippen LogP contribution is -2.58. The molecule has 26 heavy (non-hydrogen) atoms. The highest BCUT2D eigenvalue weighted by atomic mass is 19.1. The molecule has 1 aliphatic heterocycles. The second kappa shape index (κ2) is 7.21. The number of aromatic nitrogens is 1. The first-order valence-electron chi connectivity index (χ1n) is 8.31. The molecule has 2 N–H and O–H groups in total. The molecule has 3 rings (SSSR count). The summed E-state index contributed by atoms with van der Waals surface area (Å²) in [6.07, 6.45) is 0.418. The van der Waals surface area contributed by atoms with Crippen molar-refractivity contribution in [3.8, 4) is 0 Å². The second-order valence-electron chi connectivity index (χ2n) is 6.49. The molecule has 2 heterocycles. The van der Waals surface area contributed by atoms with E-state index in [-0.39, 0.29) is 30.6 Å². The number of benzene rings is 1. The molecule has 0 spiro atoms. The van der Waals surface area contributed by atoms with Gasteiger partial charge in [0.25, 0.3) is 11.8 Å². The van der Waals surface area contributed by atoms with E-state index in [4.69, 9.17) is 10.5 Å². The lowest BCUT2D eigenvalue weighted by Gasteiger charge is -2.38. The monoisotopic (exact) mass is 357 g/mol. The number of carbonyl (C=O) groups excluding carboxylic acids is 2. The average Bonchev–Trinajstić information content (AvgIpc) is 2.61. The van der Waals surface area contributed by atoms with Gasteiger partial charge in [0.05, 0.1) is 13.2 Å². The van der Waals surface area contributed by atoms with Gasteiger partial charge in [0.1, 0.15) is 11.5 Å². The van der Waals surface area contributed by atoms with Crippen LogP contribution in [0.25, 0.3) is 0 Å². The number of pyridine rings is 1. The highest BCUT2D eigenvalue weighted by Gasteiger charge is 2.39. The van der Waals surface area contributed by atoms with Crippen LogP contribution in [-0.2, 0) is 16.0 Å². The van der Waals surface area contributed by atoms with Gasteiger partial charge in [-0.05, 0) is 36.8 Å². The molecule has 0 bridgehead atoms. The third kappa shape index (κ3) is 3.88. The molecule has 1 saturated heterocycles. The van der Waals surface area contributed by atoms with E-state index in [2.05, 4.69) is 4.98 Å². The summed E-state index contributed by atoms with van der Waals surface area (Å²) in [5.74, 6) is -1.21. The first kappa shape index (κ1) is 18.0. The Labute approximate surface area is 150 Å². The highest BCUT2D eigenvalue weighted by Crippen LogP contribution is 2.19. The molecular weight excluding hydrogens is 337 g/mol. The zero-order valence-electron chi connectivity index (χ0n) is 14.4. The molecule has 0 aliphatic carbocycles. The Morgan fingerprint density at radius 2 is 2.08 bits per heavy atom. The number of rotatable bonds is 4. The Morgan fingerprint density at radius 1 is 1.31 bits per heavy atom. The summed E-state index contributed by atoms with van der Waals surface area (Å²) in [7, 11) is 0. The van der Waals surface area contributed by atoms with E-state index in [1.165, 1.54) is 17.0 Å². The normalized spacial score (nSPS) is 20.0. The van der Waals surface area contributed by atoms with Crippen molar-refractivity contribution in [1.82, 2.24) is 9.88 Å². The number of halogens is 1. The molecule has 136 valence electrons. The Bertz CT molecular complexity index is 842. The van der Waals surface area contributed by atoms with Crippen molar-refractivity contribution >= 4 is 11.8 Å². The predicted octanol–water partition coefficient (Wildman–Crippen LogP) is 1.53. The van der Waals surface area contributed by atoms with Crippen molar-refractivity contribution in [2.24, 2.45) is 5.73 Å². The molecule has 1 aromatic carbocycles. The minimum Gasteiger partial charge on any atom is -0.367 e. The van der Waals surface area contributed by atoms with E-state index in [0.29, 0.717) is 18.7 Å². The number of ether oxygens (including phenoxy) is 1. The first-order chi connectivity index (χ1) is 12.4. The molecule has 1 atom stereocenters. The van der Waals surface area contributed by atoms with Gasteiger partial charge < -0.3 is 15.4 Å². The Hall–Kier alpha value is -2.80. The van der Waals surface area contributed by atoms with E-state index in [1.807, 2.05) is 0 Å². The van der Waals surface area contributed by atoms with Crippen LogP contribution in [0.5, 0.6) is 0 Å². The lowest BCUT2D eigenvalue weighted by molar-refractivity contribution is -0.150. The molecule has 0 unspecified atom stereocenters. The van der Waals surface area contributed by atoms with Crippen molar-refractivity contribution in [3.05, 3.63) is 65.2 Å². The van der Waals surface area contributed by atoms with Crippen LogP contribution in [-0.4, -0.2) is 47.0 Å². The van der Waals surface area contributed by atoms with Crippen LogP contribution in [0.15, 0.2) is 42.5 Å². The quantitative estimate of drug-likeness (QED) is 0.899. The Kier molecular flexibility index (Phi) is 4.99. The molecule has 2 amide bonds. The predicted molar refractivity (Wildman–Crippen MR) is 92.9 cm³/mol. The minimum atomic E-state index is -1.20. The van der Waals surface area contributed by atoms with Gasteiger partial charge in [0.15, 0.2) is 5.60 Å². The maximum atomic E-state index is 13.3. The highest BCUT2D eigenvalue weighted by molar-refractivity contribution is 5.93. The van der Waals surface area contributed by atoms with Gasteiger partial charge in [0.2, 0.25) is 0 Å². The molecule has 1 aliphatic rings. The van der Waals surface area contributed by atoms with Crippen LogP contribution in [0.1, 0.15) is 28.7 Å². The molecule has 1 fully saturated rings. The number of morpholine rings is 1. The Morgan fingerprint density at radius 3 is 2.81 bits per heavy atom. The number of hydrogen-bond donors (Lipinski definition) is 1. The van der Waals surface area contributed by atoms with Crippen molar-refractivity contribution in [1.29, 1.82) is 0 Å². The fraction of sp³-hybridized carbons (Fsp3) is 0.316. The van der Waals surface area contributed by atoms with Crippen LogP contribution in [0.4, 0.5) is 4.39 Å². The molecule has 1 aromatic heterocycles. The topological polar surface area (TPSA) is 85.5 Å². The number of hydrogen-bond acceptors (Lipinski definition) is 4. The van der Waals surface area contributed by atoms with E-state index >= 15 is 0 Å². The van der Waals surface area contributed by atoms with Gasteiger partial charge in [-0.3, -0.25) is 9.59 Å². The number of amides is 2. The summed E-state index contributed by atoms with van der Waals surface area (Å²) >= 11 is 0. The van der Waals surface area contributed by atoms with Crippen molar-refractivity contribution in [2.75, 3.05) is 19.7 Å². The summed E-state index contributed by atoms with van der Waals surface area (Å²) < 4.78 is 18.8. The third-order valence-corrected chi connectivity index (χ3v) is 4.38. The molecule has 0 saturated carbocycles. The van der Waals surface area contributed by atoms with E-state index in [9.17, 15) is 14.0 Å². The fourth-order valence-corrected chi connectivity index (χ4v) is 2.91. The van der Waals surface area contributed by atoms with Crippen LogP contribution in [0.2, 0.25) is 0 Å². The van der Waals surface area contributed by atoms with E-state index < -0.39 is 11.5 Å². The third-order valence-electron chi connectivity index (χ3n) is 4.38. The van der Waals surface area contributed by atoms with Crippen molar-refractivity contribution < 1.29 is 18.7 Å². The Balaban J connectivity index is 1.77. The van der Waals surface area contributed by atoms with Crippen molar-refractivity contribution in [2.45, 2.75) is 18.9 Å². The van der Waals surface area contributed by atoms with Crippen molar-refractivity contribution in [3.63, 3.8) is 0 Å². The van der Waals surface area contributed by atoms with Gasteiger partial charge in [0, 0.05) is 18.7 Å². The fourth-order valence-electron chi connectivity index (χ4n) is 2.91. The smallest absolute Gasteiger partial charge is 0.272 e. The SMILES string of the molecule is C[C@@]1(C(N)=O)CN(C(=O)c2cccc(Cc3cccc(F)c3)n2)CCO1. The van der Waals surface area contributed by atoms with Crippen LogP contribution < -0.4 is 5.73 Å². The lowest BCUT2D eigenvalue weighted by atomic mass is 10.0. The number of primary amides is 1. The number of nitrogens with two attached hydrogens (primary N) is 1. The van der Waals surface area contributed by atoms with Gasteiger partial charge in [-0.15, -0.1) is 0 Å². The summed E-state index contributed by atoms with van der Waals surface area (Å²) in [4.78, 5) is 30.3. The summed E-state index contributed by atoms with van der Waals surface area (Å²) in [5, 5.41) is 0. The second-order valence-corrected chi connectivity index (χ2v) is 6.49. The average molecular weight is 357 g/mol. The maximum Gasteiger partial charge on any atom is 0.272 e. The molecule has 6 nitrogen and oxygen atoms in total. The molecular formula is C19H20FN3O3. The largest absolute Gasteiger partial charge is 0.367 e. The van der Waals surface area contributed by atoms with Gasteiger partial charge >= 0.3 is 0 Å². The zero-order chi connectivity index (χ0) is 18.7. The standard InChI is InChI=1S/C19H20FN3O3/c1-19(18(21)25)12-23(8-9-26-19)17(24)16-7-3-6-15(22-16)11-13-4-2-5-14(20)10-13/h2-7,10H,8-9,11-12H2,1H3,(H2,21,25)/t19-/m0/s1. The summed E-state index contributed by atoms with van der Waals surface area (Å²) in [5.41, 5.74) is 5.88. The van der Waals surface area contributed by atoms with E-state index in [0.717, 1.165) is 5.56 Å². The molecule has 0 radical (unpaired) electrons. The molecule has 2 aromatic rings. The van der Waals surface area contributed by atoms with E-state index in [1.54, 1.807) is 37.3 Å². The maximum absolute atomic E-state index is 13.3. The van der Waals surface area contributed by atoms with Gasteiger partial charge in [-0.1, -0.05) is 18.2 Å². The summed E-state index contributed by atoms with van der Waals surface area (Å²) in [6.45, 7) is 2.24. The number of nitrogens with zero attached hydrogens (tertiary/aromatic N) is 2. The number of carbonyl (C=O) groups is 2. The molecule has 7 heteroatoms. The van der Waals surface area contributed by atoms with Crippen LogP contribution in [0, 0.1) is 5.82 Å². The van der Waals surface area contributed by atoms with Gasteiger partial charge in [-0.25, -0.2) is 9.37 Å². The van der Waals surface area contributed by atoms with Crippen LogP contribution >= 0.6 is 0 Å². The minimum absolute atomic E-state index is 0.0803. The van der Waals surface area contributed by atoms with Crippen LogP contribution in [0.3, 0.4) is 0 Å². The zero-order valence-corrected chi connectivity index (χ0v) is 14.4.